The number of hydrogen-bond donors (Lipinski definition) is 1. The van der Waals surface area contributed by atoms with Crippen LogP contribution in [-0.2, 0) is 16.6 Å². The van der Waals surface area contributed by atoms with Gasteiger partial charge in [0, 0.05) is 12.6 Å². The van der Waals surface area contributed by atoms with Crippen LogP contribution in [0.2, 0.25) is 0 Å². The van der Waals surface area contributed by atoms with Crippen LogP contribution in [0.15, 0.2) is 52.7 Å². The highest BCUT2D eigenvalue weighted by Gasteiger charge is 2.16. The molecule has 0 saturated heterocycles. The summed E-state index contributed by atoms with van der Waals surface area (Å²) in [6.07, 6.45) is 2.81. The van der Waals surface area contributed by atoms with Crippen LogP contribution in [0.5, 0.6) is 0 Å². The summed E-state index contributed by atoms with van der Waals surface area (Å²) >= 11 is 0. The highest BCUT2D eigenvalue weighted by atomic mass is 32.2. The molecule has 0 saturated carbocycles. The molecule has 136 valence electrons. The van der Waals surface area contributed by atoms with Gasteiger partial charge in [0.05, 0.1) is 11.4 Å². The molecule has 0 aliphatic heterocycles. The Hall–Kier alpha value is -2.85. The van der Waals surface area contributed by atoms with E-state index in [4.69, 9.17) is 0 Å². The van der Waals surface area contributed by atoms with Gasteiger partial charge >= 0.3 is 0 Å². The molecule has 0 spiro atoms. The van der Waals surface area contributed by atoms with E-state index in [0.29, 0.717) is 11.4 Å². The van der Waals surface area contributed by atoms with Crippen molar-refractivity contribution in [1.29, 1.82) is 0 Å². The van der Waals surface area contributed by atoms with E-state index in [9.17, 15) is 13.2 Å². The maximum Gasteiger partial charge on any atom is 0.266 e. The first-order valence-corrected chi connectivity index (χ1v) is 9.35. The Balaban J connectivity index is 1.73. The Labute approximate surface area is 150 Å². The second-order valence-electron chi connectivity index (χ2n) is 5.76. The maximum absolute atomic E-state index is 12.5. The molecule has 9 nitrogen and oxygen atoms in total. The lowest BCUT2D eigenvalue weighted by molar-refractivity contribution is 0.541. The fourth-order valence-electron chi connectivity index (χ4n) is 2.51. The molecule has 26 heavy (non-hydrogen) atoms. The van der Waals surface area contributed by atoms with Crippen molar-refractivity contribution in [3.8, 4) is 5.82 Å². The Morgan fingerprint density at radius 1 is 1.15 bits per heavy atom. The summed E-state index contributed by atoms with van der Waals surface area (Å²) in [6.45, 7) is 3.76. The SMILES string of the molecule is Cc1ccc(S(=O)(=O)NCCn2nc(-n3cncn3)ccc2=O)c(C)c1. The molecular formula is C16H18N6O3S. The van der Waals surface area contributed by atoms with Crippen molar-refractivity contribution < 1.29 is 8.42 Å². The number of nitrogens with zero attached hydrogens (tertiary/aromatic N) is 5. The fraction of sp³-hybridized carbons (Fsp3) is 0.250. The quantitative estimate of drug-likeness (QED) is 0.669. The summed E-state index contributed by atoms with van der Waals surface area (Å²) in [6, 6.07) is 8.00. The third-order valence-electron chi connectivity index (χ3n) is 3.74. The average molecular weight is 374 g/mol. The van der Waals surface area contributed by atoms with Crippen LogP contribution in [0.1, 0.15) is 11.1 Å². The molecule has 0 aliphatic rings. The zero-order valence-electron chi connectivity index (χ0n) is 14.3. The van der Waals surface area contributed by atoms with Crippen molar-refractivity contribution in [3.63, 3.8) is 0 Å². The number of rotatable bonds is 6. The molecule has 0 aliphatic carbocycles. The van der Waals surface area contributed by atoms with E-state index in [1.807, 2.05) is 13.0 Å². The van der Waals surface area contributed by atoms with E-state index in [2.05, 4.69) is 19.9 Å². The first-order valence-electron chi connectivity index (χ1n) is 7.87. The molecule has 1 aromatic carbocycles. The lowest BCUT2D eigenvalue weighted by Gasteiger charge is -2.11. The van der Waals surface area contributed by atoms with Gasteiger partial charge in [0.25, 0.3) is 5.56 Å². The van der Waals surface area contributed by atoms with Gasteiger partial charge in [-0.2, -0.15) is 5.10 Å². The fourth-order valence-corrected chi connectivity index (χ4v) is 3.76. The standard InChI is InChI=1S/C16H18N6O3S/c1-12-3-4-14(13(2)9-12)26(24,25)19-7-8-21-16(23)6-5-15(20-21)22-11-17-10-18-22/h3-6,9-11,19H,7-8H2,1-2H3. The lowest BCUT2D eigenvalue weighted by Crippen LogP contribution is -2.32. The molecule has 0 atom stereocenters. The smallest absolute Gasteiger partial charge is 0.266 e. The number of aryl methyl sites for hydroxylation is 2. The van der Waals surface area contributed by atoms with Gasteiger partial charge in [-0.05, 0) is 31.5 Å². The number of nitrogens with one attached hydrogen (secondary N) is 1. The molecule has 3 aromatic rings. The van der Waals surface area contributed by atoms with Gasteiger partial charge < -0.3 is 0 Å². The number of sulfonamides is 1. The molecule has 0 bridgehead atoms. The van der Waals surface area contributed by atoms with Gasteiger partial charge in [0.1, 0.15) is 12.7 Å². The molecule has 10 heteroatoms. The van der Waals surface area contributed by atoms with Crippen molar-refractivity contribution in [3.05, 3.63) is 64.5 Å². The minimum absolute atomic E-state index is 0.0311. The molecule has 2 aromatic heterocycles. The summed E-state index contributed by atoms with van der Waals surface area (Å²) < 4.78 is 30.0. The summed E-state index contributed by atoms with van der Waals surface area (Å²) in [4.78, 5) is 16.0. The van der Waals surface area contributed by atoms with E-state index in [0.717, 1.165) is 5.56 Å². The van der Waals surface area contributed by atoms with E-state index >= 15 is 0 Å². The molecule has 0 fully saturated rings. The van der Waals surface area contributed by atoms with Gasteiger partial charge in [-0.15, -0.1) is 5.10 Å². The van der Waals surface area contributed by atoms with Crippen LogP contribution in [0, 0.1) is 13.8 Å². The first kappa shape index (κ1) is 18.0. The number of aromatic nitrogens is 5. The number of benzene rings is 1. The molecule has 2 heterocycles. The second kappa shape index (κ2) is 7.18. The van der Waals surface area contributed by atoms with Crippen molar-refractivity contribution in [2.45, 2.75) is 25.3 Å². The zero-order chi connectivity index (χ0) is 18.7. The third-order valence-corrected chi connectivity index (χ3v) is 5.36. The summed E-state index contributed by atoms with van der Waals surface area (Å²) in [5.41, 5.74) is 1.32. The normalized spacial score (nSPS) is 11.6. The van der Waals surface area contributed by atoms with Crippen LogP contribution in [0.4, 0.5) is 0 Å². The number of hydrogen-bond acceptors (Lipinski definition) is 6. The Morgan fingerprint density at radius 2 is 1.96 bits per heavy atom. The van der Waals surface area contributed by atoms with Crippen molar-refractivity contribution >= 4 is 10.0 Å². The van der Waals surface area contributed by atoms with Crippen LogP contribution in [0.25, 0.3) is 5.82 Å². The third kappa shape index (κ3) is 3.86. The Bertz CT molecular complexity index is 1070. The molecular weight excluding hydrogens is 356 g/mol. The van der Waals surface area contributed by atoms with Gasteiger partial charge in [0.2, 0.25) is 10.0 Å². The molecule has 0 unspecified atom stereocenters. The predicted octanol–water partition coefficient (Wildman–Crippen LogP) is 0.419. The van der Waals surface area contributed by atoms with E-state index in [-0.39, 0.29) is 23.5 Å². The van der Waals surface area contributed by atoms with E-state index in [1.54, 1.807) is 19.1 Å². The Morgan fingerprint density at radius 3 is 2.65 bits per heavy atom. The van der Waals surface area contributed by atoms with Crippen LogP contribution >= 0.6 is 0 Å². The maximum atomic E-state index is 12.5. The van der Waals surface area contributed by atoms with E-state index < -0.39 is 10.0 Å². The van der Waals surface area contributed by atoms with Crippen molar-refractivity contribution in [1.82, 2.24) is 29.3 Å². The second-order valence-corrected chi connectivity index (χ2v) is 7.50. The largest absolute Gasteiger partial charge is 0.268 e. The van der Waals surface area contributed by atoms with Crippen molar-refractivity contribution in [2.75, 3.05) is 6.54 Å². The minimum atomic E-state index is -3.66. The Kier molecular flexibility index (Phi) is 4.96. The average Bonchev–Trinajstić information content (AvgIpc) is 3.10. The van der Waals surface area contributed by atoms with Gasteiger partial charge in [-0.3, -0.25) is 4.79 Å². The van der Waals surface area contributed by atoms with Crippen molar-refractivity contribution in [2.24, 2.45) is 0 Å². The first-order chi connectivity index (χ1) is 12.4. The lowest BCUT2D eigenvalue weighted by atomic mass is 10.2. The molecule has 0 radical (unpaired) electrons. The topological polar surface area (TPSA) is 112 Å². The van der Waals surface area contributed by atoms with Gasteiger partial charge in [-0.1, -0.05) is 17.7 Å². The molecule has 0 amide bonds. The highest BCUT2D eigenvalue weighted by molar-refractivity contribution is 7.89. The monoisotopic (exact) mass is 374 g/mol. The predicted molar refractivity (Wildman–Crippen MR) is 94.5 cm³/mol. The zero-order valence-corrected chi connectivity index (χ0v) is 15.1. The van der Waals surface area contributed by atoms with Crippen LogP contribution in [0.3, 0.4) is 0 Å². The minimum Gasteiger partial charge on any atom is -0.268 e. The van der Waals surface area contributed by atoms with Gasteiger partial charge in [-0.25, -0.2) is 27.5 Å². The van der Waals surface area contributed by atoms with Gasteiger partial charge in [0.15, 0.2) is 5.82 Å². The summed E-state index contributed by atoms with van der Waals surface area (Å²) in [5, 5.41) is 8.12. The summed E-state index contributed by atoms with van der Waals surface area (Å²) in [5.74, 6) is 0.416. The van der Waals surface area contributed by atoms with Crippen LogP contribution in [-0.4, -0.2) is 39.5 Å². The summed E-state index contributed by atoms with van der Waals surface area (Å²) in [7, 11) is -3.66. The molecule has 1 N–H and O–H groups in total. The molecule has 3 rings (SSSR count). The van der Waals surface area contributed by atoms with E-state index in [1.165, 1.54) is 34.2 Å². The van der Waals surface area contributed by atoms with Crippen LogP contribution < -0.4 is 10.3 Å². The highest BCUT2D eigenvalue weighted by Crippen LogP contribution is 2.15.